The van der Waals surface area contributed by atoms with E-state index in [-0.39, 0.29) is 6.61 Å². The standard InChI is InChI=1S/C20H18ClN5O3S/c1-30(27,28)29-10-7-13-4-5-18(16(21)11-13)26-20-23-9-6-17(25-20)15-12-24-19-14(15)3-2-8-22-19/h2-6,8-9,11-12H,7,10H2,1H3,(H,22,24)(H,23,25,26). The van der Waals surface area contributed by atoms with E-state index in [0.717, 1.165) is 34.1 Å². The number of aromatic nitrogens is 4. The second-order valence-corrected chi connectivity index (χ2v) is 8.63. The number of aromatic amines is 1. The molecule has 10 heteroatoms. The molecule has 0 spiro atoms. The summed E-state index contributed by atoms with van der Waals surface area (Å²) < 4.78 is 26.9. The van der Waals surface area contributed by atoms with E-state index in [1.165, 1.54) is 0 Å². The van der Waals surface area contributed by atoms with Crippen LogP contribution in [0.1, 0.15) is 5.56 Å². The normalized spacial score (nSPS) is 11.7. The number of benzene rings is 1. The smallest absolute Gasteiger partial charge is 0.264 e. The molecule has 0 radical (unpaired) electrons. The summed E-state index contributed by atoms with van der Waals surface area (Å²) in [4.78, 5) is 16.3. The summed E-state index contributed by atoms with van der Waals surface area (Å²) >= 11 is 6.38. The van der Waals surface area contributed by atoms with Gasteiger partial charge in [0.2, 0.25) is 5.95 Å². The third-order valence-corrected chi connectivity index (χ3v) is 5.26. The number of rotatable bonds is 7. The third-order valence-electron chi connectivity index (χ3n) is 4.35. The molecule has 154 valence electrons. The van der Waals surface area contributed by atoms with Crippen LogP contribution in [0, 0.1) is 0 Å². The Hall–Kier alpha value is -3.01. The van der Waals surface area contributed by atoms with Crippen LogP contribution >= 0.6 is 11.6 Å². The van der Waals surface area contributed by atoms with Crippen molar-refractivity contribution in [3.63, 3.8) is 0 Å². The molecule has 0 fully saturated rings. The molecule has 8 nitrogen and oxygen atoms in total. The summed E-state index contributed by atoms with van der Waals surface area (Å²) in [5.41, 5.74) is 3.96. The molecule has 0 saturated carbocycles. The molecular formula is C20H18ClN5O3S. The number of H-pyrrole nitrogens is 1. The van der Waals surface area contributed by atoms with Gasteiger partial charge in [-0.25, -0.2) is 15.0 Å². The highest BCUT2D eigenvalue weighted by molar-refractivity contribution is 7.85. The Morgan fingerprint density at radius 3 is 2.83 bits per heavy atom. The average Bonchev–Trinajstić information content (AvgIpc) is 3.13. The highest BCUT2D eigenvalue weighted by atomic mass is 35.5. The number of pyridine rings is 1. The molecule has 0 aliphatic rings. The van der Waals surface area contributed by atoms with Crippen molar-refractivity contribution in [3.8, 4) is 11.3 Å². The molecule has 3 aromatic heterocycles. The van der Waals surface area contributed by atoms with Gasteiger partial charge in [0.05, 0.1) is 29.3 Å². The van der Waals surface area contributed by atoms with E-state index in [2.05, 4.69) is 25.3 Å². The summed E-state index contributed by atoms with van der Waals surface area (Å²) in [7, 11) is -3.46. The molecule has 4 aromatic rings. The number of anilines is 2. The Kier molecular flexibility index (Phi) is 5.67. The van der Waals surface area contributed by atoms with Crippen molar-refractivity contribution in [1.82, 2.24) is 19.9 Å². The van der Waals surface area contributed by atoms with Crippen molar-refractivity contribution in [2.45, 2.75) is 6.42 Å². The van der Waals surface area contributed by atoms with Crippen LogP contribution in [0.15, 0.2) is 55.0 Å². The molecule has 1 aromatic carbocycles. The van der Waals surface area contributed by atoms with Gasteiger partial charge in [0.1, 0.15) is 5.65 Å². The molecule has 0 aliphatic carbocycles. The van der Waals surface area contributed by atoms with Crippen molar-refractivity contribution >= 4 is 44.4 Å². The summed E-state index contributed by atoms with van der Waals surface area (Å²) in [6, 6.07) is 11.1. The van der Waals surface area contributed by atoms with Crippen molar-refractivity contribution < 1.29 is 12.6 Å². The van der Waals surface area contributed by atoms with E-state index in [1.54, 1.807) is 24.5 Å². The van der Waals surface area contributed by atoms with Crippen LogP contribution in [-0.2, 0) is 20.7 Å². The monoisotopic (exact) mass is 443 g/mol. The van der Waals surface area contributed by atoms with E-state index >= 15 is 0 Å². The predicted octanol–water partition coefficient (Wildman–Crippen LogP) is 3.94. The molecule has 30 heavy (non-hydrogen) atoms. The van der Waals surface area contributed by atoms with Gasteiger partial charge in [-0.15, -0.1) is 0 Å². The Balaban J connectivity index is 1.51. The maximum Gasteiger partial charge on any atom is 0.264 e. The Bertz CT molecular complexity index is 1310. The molecule has 0 saturated heterocycles. The maximum absolute atomic E-state index is 11.1. The van der Waals surface area contributed by atoms with Gasteiger partial charge in [0.15, 0.2) is 0 Å². The summed E-state index contributed by atoms with van der Waals surface area (Å²) in [5.74, 6) is 0.404. The van der Waals surface area contributed by atoms with Crippen LogP contribution in [0.3, 0.4) is 0 Å². The van der Waals surface area contributed by atoms with Gasteiger partial charge in [0, 0.05) is 29.5 Å². The fourth-order valence-corrected chi connectivity index (χ4v) is 3.62. The summed E-state index contributed by atoms with van der Waals surface area (Å²) in [6.07, 6.45) is 6.71. The molecule has 3 heterocycles. The van der Waals surface area contributed by atoms with Crippen molar-refractivity contribution in [1.29, 1.82) is 0 Å². The van der Waals surface area contributed by atoms with Crippen LogP contribution < -0.4 is 5.32 Å². The summed E-state index contributed by atoms with van der Waals surface area (Å²) in [6.45, 7) is 0.0621. The lowest BCUT2D eigenvalue weighted by molar-refractivity contribution is 0.326. The number of hydrogen-bond donors (Lipinski definition) is 2. The molecule has 0 bridgehead atoms. The third kappa shape index (κ3) is 4.76. The number of hydrogen-bond acceptors (Lipinski definition) is 7. The van der Waals surface area contributed by atoms with Gasteiger partial charge in [-0.2, -0.15) is 8.42 Å². The quantitative estimate of drug-likeness (QED) is 0.416. The zero-order valence-electron chi connectivity index (χ0n) is 16.0. The Morgan fingerprint density at radius 1 is 1.17 bits per heavy atom. The van der Waals surface area contributed by atoms with Crippen LogP contribution in [0.5, 0.6) is 0 Å². The first-order valence-electron chi connectivity index (χ1n) is 9.04. The lowest BCUT2D eigenvalue weighted by Crippen LogP contribution is -2.06. The Labute approximate surface area is 178 Å². The van der Waals surface area contributed by atoms with Gasteiger partial charge >= 0.3 is 0 Å². The predicted molar refractivity (Wildman–Crippen MR) is 116 cm³/mol. The van der Waals surface area contributed by atoms with Crippen LogP contribution in [0.25, 0.3) is 22.3 Å². The first kappa shape index (κ1) is 20.3. The first-order chi connectivity index (χ1) is 14.4. The first-order valence-corrected chi connectivity index (χ1v) is 11.2. The maximum atomic E-state index is 11.1. The van der Waals surface area contributed by atoms with E-state index < -0.39 is 10.1 Å². The molecule has 2 N–H and O–H groups in total. The number of nitrogens with zero attached hydrogens (tertiary/aromatic N) is 3. The highest BCUT2D eigenvalue weighted by Crippen LogP contribution is 2.29. The minimum Gasteiger partial charge on any atom is -0.345 e. The van der Waals surface area contributed by atoms with Gasteiger partial charge in [0.25, 0.3) is 10.1 Å². The van der Waals surface area contributed by atoms with E-state index in [4.69, 9.17) is 15.8 Å². The van der Waals surface area contributed by atoms with Crippen molar-refractivity contribution in [2.75, 3.05) is 18.2 Å². The van der Waals surface area contributed by atoms with Gasteiger partial charge in [-0.1, -0.05) is 17.7 Å². The Morgan fingerprint density at radius 2 is 2.03 bits per heavy atom. The highest BCUT2D eigenvalue weighted by Gasteiger charge is 2.10. The van der Waals surface area contributed by atoms with Crippen LogP contribution in [0.2, 0.25) is 5.02 Å². The molecule has 4 rings (SSSR count). The minimum atomic E-state index is -3.46. The molecule has 0 atom stereocenters. The van der Waals surface area contributed by atoms with Crippen LogP contribution in [-0.4, -0.2) is 41.2 Å². The lowest BCUT2D eigenvalue weighted by atomic mass is 10.1. The molecular weight excluding hydrogens is 426 g/mol. The molecule has 0 unspecified atom stereocenters. The second kappa shape index (κ2) is 8.39. The van der Waals surface area contributed by atoms with Gasteiger partial charge in [-0.3, -0.25) is 4.18 Å². The van der Waals surface area contributed by atoms with Crippen LogP contribution in [0.4, 0.5) is 11.6 Å². The van der Waals surface area contributed by atoms with Crippen molar-refractivity contribution in [2.24, 2.45) is 0 Å². The summed E-state index contributed by atoms with van der Waals surface area (Å²) in [5, 5.41) is 4.57. The zero-order valence-corrected chi connectivity index (χ0v) is 17.5. The fourth-order valence-electron chi connectivity index (χ4n) is 2.98. The SMILES string of the molecule is CS(=O)(=O)OCCc1ccc(Nc2nccc(-c3c[nH]c4ncccc34)n2)c(Cl)c1. The van der Waals surface area contributed by atoms with Gasteiger partial charge < -0.3 is 10.3 Å². The number of halogens is 1. The molecule has 0 aliphatic heterocycles. The second-order valence-electron chi connectivity index (χ2n) is 6.58. The van der Waals surface area contributed by atoms with E-state index in [9.17, 15) is 8.42 Å². The average molecular weight is 444 g/mol. The number of fused-ring (bicyclic) bond motifs is 1. The lowest BCUT2D eigenvalue weighted by Gasteiger charge is -2.10. The van der Waals surface area contributed by atoms with Gasteiger partial charge in [-0.05, 0) is 42.3 Å². The number of nitrogens with one attached hydrogen (secondary N) is 2. The minimum absolute atomic E-state index is 0.0621. The molecule has 0 amide bonds. The fraction of sp³-hybridized carbons (Fsp3) is 0.150. The zero-order chi connectivity index (χ0) is 21.1. The van der Waals surface area contributed by atoms with E-state index in [0.29, 0.717) is 23.1 Å². The van der Waals surface area contributed by atoms with E-state index in [1.807, 2.05) is 30.5 Å². The largest absolute Gasteiger partial charge is 0.345 e. The van der Waals surface area contributed by atoms with Crippen molar-refractivity contribution in [3.05, 3.63) is 65.6 Å². The topological polar surface area (TPSA) is 110 Å².